The molecule has 0 radical (unpaired) electrons. The quantitative estimate of drug-likeness (QED) is 0.217. The second kappa shape index (κ2) is 10.1. The van der Waals surface area contributed by atoms with Crippen molar-refractivity contribution >= 4 is 49.8 Å². The Bertz CT molecular complexity index is 2200. The van der Waals surface area contributed by atoms with E-state index in [1.54, 1.807) is 0 Å². The third-order valence-corrected chi connectivity index (χ3v) is 8.04. The highest BCUT2D eigenvalue weighted by Crippen LogP contribution is 2.41. The summed E-state index contributed by atoms with van der Waals surface area (Å²) in [5.41, 5.74) is 9.86. The molecule has 0 spiro atoms. The Hall–Kier alpha value is -5.60. The van der Waals surface area contributed by atoms with Gasteiger partial charge in [-0.25, -0.2) is 0 Å². The van der Waals surface area contributed by atoms with Gasteiger partial charge >= 0.3 is 0 Å². The molecule has 1 aromatic heterocycles. The van der Waals surface area contributed by atoms with Crippen LogP contribution < -0.4 is 4.90 Å². The monoisotopic (exact) mass is 537 g/mol. The summed E-state index contributed by atoms with van der Waals surface area (Å²) in [6.07, 6.45) is 0. The summed E-state index contributed by atoms with van der Waals surface area (Å²) in [4.78, 5) is 2.34. The average molecular weight is 538 g/mol. The summed E-state index contributed by atoms with van der Waals surface area (Å²) in [6, 6.07) is 58.0. The molecule has 0 aliphatic carbocycles. The van der Waals surface area contributed by atoms with Crippen LogP contribution in [0.1, 0.15) is 0 Å². The molecule has 8 rings (SSSR count). The molecule has 0 saturated carbocycles. The molecule has 7 aromatic carbocycles. The number of fused-ring (bicyclic) bond motifs is 4. The summed E-state index contributed by atoms with van der Waals surface area (Å²) < 4.78 is 6.21. The number of hydrogen-bond acceptors (Lipinski definition) is 2. The minimum absolute atomic E-state index is 0.904. The van der Waals surface area contributed by atoms with Crippen LogP contribution in [-0.4, -0.2) is 0 Å². The zero-order valence-electron chi connectivity index (χ0n) is 22.9. The third kappa shape index (κ3) is 4.13. The van der Waals surface area contributed by atoms with E-state index in [9.17, 15) is 0 Å². The molecule has 2 nitrogen and oxygen atoms in total. The van der Waals surface area contributed by atoms with Gasteiger partial charge in [0.25, 0.3) is 0 Å². The van der Waals surface area contributed by atoms with E-state index < -0.39 is 0 Å². The van der Waals surface area contributed by atoms with E-state index in [1.165, 1.54) is 21.9 Å². The molecule has 0 aliphatic heterocycles. The molecule has 1 heterocycles. The minimum atomic E-state index is 0.904. The fourth-order valence-electron chi connectivity index (χ4n) is 6.14. The van der Waals surface area contributed by atoms with Crippen LogP contribution in [0, 0.1) is 0 Å². The Morgan fingerprint density at radius 2 is 0.929 bits per heavy atom. The van der Waals surface area contributed by atoms with E-state index in [1.807, 2.05) is 12.1 Å². The fraction of sp³-hybridized carbons (Fsp3) is 0. The number of anilines is 3. The standard InChI is InChI=1S/C40H27NO/c1-2-16-31(17-3-1)41(32-18-8-14-29(26-32)35-22-10-13-28-12-4-5-20-34(28)35)33-19-9-15-30(27-33)36-23-11-25-39-40(36)37-21-6-7-24-38(37)42-39/h1-27H. The average Bonchev–Trinajstić information content (AvgIpc) is 3.44. The van der Waals surface area contributed by atoms with Crippen LogP contribution in [0.25, 0.3) is 55.0 Å². The number of benzene rings is 7. The van der Waals surface area contributed by atoms with Gasteiger partial charge in [-0.2, -0.15) is 0 Å². The number of hydrogen-bond donors (Lipinski definition) is 0. The van der Waals surface area contributed by atoms with Gasteiger partial charge in [0.2, 0.25) is 0 Å². The van der Waals surface area contributed by atoms with Crippen molar-refractivity contribution in [1.29, 1.82) is 0 Å². The lowest BCUT2D eigenvalue weighted by Gasteiger charge is -2.26. The predicted molar refractivity (Wildman–Crippen MR) is 177 cm³/mol. The zero-order valence-corrected chi connectivity index (χ0v) is 22.9. The maximum absolute atomic E-state index is 6.21. The normalized spacial score (nSPS) is 11.3. The predicted octanol–water partition coefficient (Wildman–Crippen LogP) is 11.5. The van der Waals surface area contributed by atoms with Crippen LogP contribution in [0.4, 0.5) is 17.1 Å². The molecule has 0 amide bonds. The Balaban J connectivity index is 1.30. The minimum Gasteiger partial charge on any atom is -0.456 e. The summed E-state index contributed by atoms with van der Waals surface area (Å²) in [7, 11) is 0. The lowest BCUT2D eigenvalue weighted by Crippen LogP contribution is -2.10. The van der Waals surface area contributed by atoms with E-state index in [4.69, 9.17) is 4.42 Å². The van der Waals surface area contributed by atoms with Crippen molar-refractivity contribution in [3.63, 3.8) is 0 Å². The second-order valence-corrected chi connectivity index (χ2v) is 10.6. The molecular formula is C40H27NO. The van der Waals surface area contributed by atoms with Crippen molar-refractivity contribution in [2.24, 2.45) is 0 Å². The van der Waals surface area contributed by atoms with Crippen LogP contribution in [0.3, 0.4) is 0 Å². The first-order chi connectivity index (χ1) is 20.8. The van der Waals surface area contributed by atoms with Crippen molar-refractivity contribution in [3.8, 4) is 22.3 Å². The SMILES string of the molecule is c1ccc(N(c2cccc(-c3cccc4ccccc34)c2)c2cccc(-c3cccc4oc5ccccc5c34)c2)cc1. The first kappa shape index (κ1) is 24.2. The summed E-state index contributed by atoms with van der Waals surface area (Å²) >= 11 is 0. The summed E-state index contributed by atoms with van der Waals surface area (Å²) in [5.74, 6) is 0. The topological polar surface area (TPSA) is 16.4 Å². The maximum Gasteiger partial charge on any atom is 0.136 e. The second-order valence-electron chi connectivity index (χ2n) is 10.6. The lowest BCUT2D eigenvalue weighted by molar-refractivity contribution is 0.669. The van der Waals surface area contributed by atoms with Crippen molar-refractivity contribution in [2.75, 3.05) is 4.90 Å². The van der Waals surface area contributed by atoms with Gasteiger partial charge in [0.05, 0.1) is 0 Å². The van der Waals surface area contributed by atoms with Crippen LogP contribution in [-0.2, 0) is 0 Å². The molecule has 2 heteroatoms. The van der Waals surface area contributed by atoms with Crippen LogP contribution >= 0.6 is 0 Å². The van der Waals surface area contributed by atoms with Crippen molar-refractivity contribution in [1.82, 2.24) is 0 Å². The Morgan fingerprint density at radius 3 is 1.74 bits per heavy atom. The Labute approximate surface area is 244 Å². The van der Waals surface area contributed by atoms with E-state index in [-0.39, 0.29) is 0 Å². The number of nitrogens with zero attached hydrogens (tertiary/aromatic N) is 1. The molecule has 0 bridgehead atoms. The summed E-state index contributed by atoms with van der Waals surface area (Å²) in [6.45, 7) is 0. The van der Waals surface area contributed by atoms with Gasteiger partial charge in [-0.05, 0) is 81.6 Å². The van der Waals surface area contributed by atoms with Crippen LogP contribution in [0.2, 0.25) is 0 Å². The van der Waals surface area contributed by atoms with Crippen molar-refractivity contribution < 1.29 is 4.42 Å². The summed E-state index contributed by atoms with van der Waals surface area (Å²) in [5, 5.41) is 4.78. The fourth-order valence-corrected chi connectivity index (χ4v) is 6.14. The number of para-hydroxylation sites is 2. The molecule has 0 fully saturated rings. The highest BCUT2D eigenvalue weighted by Gasteiger charge is 2.17. The smallest absolute Gasteiger partial charge is 0.136 e. The third-order valence-electron chi connectivity index (χ3n) is 8.04. The molecular weight excluding hydrogens is 510 g/mol. The lowest BCUT2D eigenvalue weighted by atomic mass is 9.97. The van der Waals surface area contributed by atoms with Crippen molar-refractivity contribution in [2.45, 2.75) is 0 Å². The van der Waals surface area contributed by atoms with E-state index in [2.05, 4.69) is 157 Å². The van der Waals surface area contributed by atoms with Crippen LogP contribution in [0.5, 0.6) is 0 Å². The largest absolute Gasteiger partial charge is 0.456 e. The van der Waals surface area contributed by atoms with E-state index >= 15 is 0 Å². The first-order valence-electron chi connectivity index (χ1n) is 14.3. The first-order valence-corrected chi connectivity index (χ1v) is 14.3. The number of rotatable bonds is 5. The molecule has 0 saturated heterocycles. The van der Waals surface area contributed by atoms with Gasteiger partial charge in [0.15, 0.2) is 0 Å². The van der Waals surface area contributed by atoms with Gasteiger partial charge in [-0.3, -0.25) is 0 Å². The molecule has 198 valence electrons. The Kier molecular flexibility index (Phi) is 5.82. The molecule has 0 aliphatic rings. The van der Waals surface area contributed by atoms with Gasteiger partial charge < -0.3 is 9.32 Å². The molecule has 0 N–H and O–H groups in total. The van der Waals surface area contributed by atoms with Gasteiger partial charge in [-0.1, -0.05) is 115 Å². The highest BCUT2D eigenvalue weighted by atomic mass is 16.3. The van der Waals surface area contributed by atoms with Gasteiger partial charge in [0.1, 0.15) is 11.2 Å². The maximum atomic E-state index is 6.21. The number of furan rings is 1. The highest BCUT2D eigenvalue weighted by molar-refractivity contribution is 6.12. The zero-order chi connectivity index (χ0) is 27.9. The van der Waals surface area contributed by atoms with Gasteiger partial charge in [0, 0.05) is 27.8 Å². The molecule has 0 unspecified atom stereocenters. The van der Waals surface area contributed by atoms with Crippen molar-refractivity contribution in [3.05, 3.63) is 164 Å². The van der Waals surface area contributed by atoms with E-state index in [0.29, 0.717) is 0 Å². The molecule has 0 atom stereocenters. The molecule has 42 heavy (non-hydrogen) atoms. The van der Waals surface area contributed by atoms with Gasteiger partial charge in [-0.15, -0.1) is 0 Å². The molecule has 8 aromatic rings. The van der Waals surface area contributed by atoms with Crippen LogP contribution in [0.15, 0.2) is 168 Å². The Morgan fingerprint density at radius 1 is 0.381 bits per heavy atom. The van der Waals surface area contributed by atoms with E-state index in [0.717, 1.165) is 50.1 Å².